The van der Waals surface area contributed by atoms with E-state index in [4.69, 9.17) is 10.00 Å². The lowest BCUT2D eigenvalue weighted by Gasteiger charge is -2.10. The number of ether oxygens (including phenoxy) is 1. The summed E-state index contributed by atoms with van der Waals surface area (Å²) in [6.07, 6.45) is 0. The van der Waals surface area contributed by atoms with Crippen LogP contribution in [0.1, 0.15) is 43.0 Å². The second-order valence-electron chi connectivity index (χ2n) is 5.46. The van der Waals surface area contributed by atoms with Gasteiger partial charge in [-0.25, -0.2) is 4.79 Å². The second-order valence-corrected chi connectivity index (χ2v) is 5.46. The van der Waals surface area contributed by atoms with Crippen LogP contribution in [0.4, 0.5) is 0 Å². The molecule has 0 bridgehead atoms. The number of hydrogen-bond acceptors (Lipinski definition) is 4. The smallest absolute Gasteiger partial charge is 0.338 e. The summed E-state index contributed by atoms with van der Waals surface area (Å²) in [4.78, 5) is 24.3. The summed E-state index contributed by atoms with van der Waals surface area (Å²) in [5.74, 6) is -0.799. The standard InChI is InChI=1S/C19H17NO3/c1-12-8-13(2)18(14(3)9-12)17(21)11-23-19(22)16-6-4-15(10-20)5-7-16/h4-9H,11H2,1-3H3. The van der Waals surface area contributed by atoms with Crippen molar-refractivity contribution in [2.75, 3.05) is 6.61 Å². The Labute approximate surface area is 135 Å². The Morgan fingerprint density at radius 3 is 2.13 bits per heavy atom. The third-order valence-electron chi connectivity index (χ3n) is 3.54. The van der Waals surface area contributed by atoms with Crippen LogP contribution >= 0.6 is 0 Å². The van der Waals surface area contributed by atoms with Crippen molar-refractivity contribution >= 4 is 11.8 Å². The Kier molecular flexibility index (Phi) is 4.92. The van der Waals surface area contributed by atoms with E-state index in [2.05, 4.69) is 0 Å². The molecule has 0 radical (unpaired) electrons. The van der Waals surface area contributed by atoms with Crippen molar-refractivity contribution in [3.8, 4) is 6.07 Å². The fourth-order valence-corrected chi connectivity index (χ4v) is 2.59. The molecule has 0 unspecified atom stereocenters. The van der Waals surface area contributed by atoms with Gasteiger partial charge in [0.05, 0.1) is 17.2 Å². The first-order valence-electron chi connectivity index (χ1n) is 7.20. The lowest BCUT2D eigenvalue weighted by molar-refractivity contribution is 0.0474. The van der Waals surface area contributed by atoms with E-state index in [1.807, 2.05) is 39.0 Å². The number of Topliss-reactive ketones (excluding diaryl/α,β-unsaturated/α-hetero) is 1. The van der Waals surface area contributed by atoms with E-state index in [0.29, 0.717) is 16.7 Å². The highest BCUT2D eigenvalue weighted by atomic mass is 16.5. The normalized spacial score (nSPS) is 10.0. The van der Waals surface area contributed by atoms with Gasteiger partial charge in [-0.1, -0.05) is 17.7 Å². The Morgan fingerprint density at radius 1 is 1.04 bits per heavy atom. The molecule has 0 heterocycles. The van der Waals surface area contributed by atoms with E-state index in [1.54, 1.807) is 0 Å². The number of benzene rings is 2. The third kappa shape index (κ3) is 3.83. The number of carbonyl (C=O) groups excluding carboxylic acids is 2. The van der Waals surface area contributed by atoms with Crippen LogP contribution in [0.3, 0.4) is 0 Å². The van der Waals surface area contributed by atoms with Crippen LogP contribution in [0.25, 0.3) is 0 Å². The zero-order valence-electron chi connectivity index (χ0n) is 13.3. The summed E-state index contributed by atoms with van der Waals surface area (Å²) in [6.45, 7) is 5.41. The number of esters is 1. The van der Waals surface area contributed by atoms with Crippen molar-refractivity contribution in [2.24, 2.45) is 0 Å². The minimum Gasteiger partial charge on any atom is -0.454 e. The van der Waals surface area contributed by atoms with E-state index < -0.39 is 5.97 Å². The third-order valence-corrected chi connectivity index (χ3v) is 3.54. The topological polar surface area (TPSA) is 67.2 Å². The molecular weight excluding hydrogens is 290 g/mol. The van der Waals surface area contributed by atoms with E-state index >= 15 is 0 Å². The van der Waals surface area contributed by atoms with Gasteiger partial charge in [-0.2, -0.15) is 5.26 Å². The van der Waals surface area contributed by atoms with Crippen molar-refractivity contribution in [3.05, 3.63) is 69.8 Å². The SMILES string of the molecule is Cc1cc(C)c(C(=O)COC(=O)c2ccc(C#N)cc2)c(C)c1. The number of rotatable bonds is 4. The van der Waals surface area contributed by atoms with Crippen LogP contribution in [0.2, 0.25) is 0 Å². The molecule has 0 saturated carbocycles. The molecule has 0 aliphatic carbocycles. The molecule has 0 aromatic heterocycles. The van der Waals surface area contributed by atoms with Gasteiger partial charge in [0.15, 0.2) is 6.61 Å². The fourth-order valence-electron chi connectivity index (χ4n) is 2.59. The molecule has 0 aliphatic rings. The summed E-state index contributed by atoms with van der Waals surface area (Å²) in [5.41, 5.74) is 4.22. The average molecular weight is 307 g/mol. The largest absolute Gasteiger partial charge is 0.454 e. The highest BCUT2D eigenvalue weighted by Crippen LogP contribution is 2.17. The molecule has 2 aromatic carbocycles. The molecule has 2 aromatic rings. The lowest BCUT2D eigenvalue weighted by Crippen LogP contribution is -2.16. The first-order chi connectivity index (χ1) is 10.9. The first-order valence-corrected chi connectivity index (χ1v) is 7.20. The van der Waals surface area contributed by atoms with Crippen molar-refractivity contribution < 1.29 is 14.3 Å². The predicted octanol–water partition coefficient (Wildman–Crippen LogP) is 3.52. The molecular formula is C19H17NO3. The number of ketones is 1. The van der Waals surface area contributed by atoms with Crippen LogP contribution < -0.4 is 0 Å². The Hall–Kier alpha value is -2.93. The van der Waals surface area contributed by atoms with Gasteiger partial charge < -0.3 is 4.74 Å². The summed E-state index contributed by atoms with van der Waals surface area (Å²) in [6, 6.07) is 11.9. The Morgan fingerprint density at radius 2 is 1.61 bits per heavy atom. The van der Waals surface area contributed by atoms with Crippen LogP contribution in [0.5, 0.6) is 0 Å². The maximum Gasteiger partial charge on any atom is 0.338 e. The molecule has 4 nitrogen and oxygen atoms in total. The van der Waals surface area contributed by atoms with Gasteiger partial charge in [0, 0.05) is 5.56 Å². The van der Waals surface area contributed by atoms with Crippen molar-refractivity contribution in [1.82, 2.24) is 0 Å². The molecule has 4 heteroatoms. The minimum atomic E-state index is -0.578. The molecule has 0 saturated heterocycles. The molecule has 0 amide bonds. The summed E-state index contributed by atoms with van der Waals surface area (Å²) in [7, 11) is 0. The van der Waals surface area contributed by atoms with Crippen LogP contribution in [-0.4, -0.2) is 18.4 Å². The maximum absolute atomic E-state index is 12.3. The first kappa shape index (κ1) is 16.4. The predicted molar refractivity (Wildman–Crippen MR) is 86.4 cm³/mol. The quantitative estimate of drug-likeness (QED) is 0.640. The van der Waals surface area contributed by atoms with Crippen molar-refractivity contribution in [3.63, 3.8) is 0 Å². The zero-order chi connectivity index (χ0) is 17.0. The number of nitrogens with zero attached hydrogens (tertiary/aromatic N) is 1. The number of nitriles is 1. The summed E-state index contributed by atoms with van der Waals surface area (Å²) < 4.78 is 5.09. The zero-order valence-corrected chi connectivity index (χ0v) is 13.3. The van der Waals surface area contributed by atoms with E-state index in [0.717, 1.165) is 16.7 Å². The lowest BCUT2D eigenvalue weighted by atomic mass is 9.97. The van der Waals surface area contributed by atoms with Gasteiger partial charge >= 0.3 is 5.97 Å². The highest BCUT2D eigenvalue weighted by molar-refractivity contribution is 6.01. The summed E-state index contributed by atoms with van der Waals surface area (Å²) >= 11 is 0. The van der Waals surface area contributed by atoms with E-state index in [-0.39, 0.29) is 12.4 Å². The number of carbonyl (C=O) groups is 2. The molecule has 0 fully saturated rings. The van der Waals surface area contributed by atoms with Crippen molar-refractivity contribution in [2.45, 2.75) is 20.8 Å². The van der Waals surface area contributed by atoms with E-state index in [9.17, 15) is 9.59 Å². The minimum absolute atomic E-state index is 0.220. The van der Waals surface area contributed by atoms with Gasteiger partial charge in [-0.3, -0.25) is 4.79 Å². The second kappa shape index (κ2) is 6.89. The molecule has 0 aliphatic heterocycles. The molecule has 2 rings (SSSR count). The van der Waals surface area contributed by atoms with Gasteiger partial charge in [0.25, 0.3) is 0 Å². The van der Waals surface area contributed by atoms with Crippen LogP contribution in [-0.2, 0) is 4.74 Å². The average Bonchev–Trinajstić information content (AvgIpc) is 2.51. The van der Waals surface area contributed by atoms with Crippen LogP contribution in [0.15, 0.2) is 36.4 Å². The molecule has 0 N–H and O–H groups in total. The maximum atomic E-state index is 12.3. The fraction of sp³-hybridized carbons (Fsp3) is 0.211. The number of hydrogen-bond donors (Lipinski definition) is 0. The molecule has 23 heavy (non-hydrogen) atoms. The van der Waals surface area contributed by atoms with Crippen molar-refractivity contribution in [1.29, 1.82) is 5.26 Å². The van der Waals surface area contributed by atoms with Gasteiger partial charge in [0.2, 0.25) is 5.78 Å². The Balaban J connectivity index is 2.07. The molecule has 116 valence electrons. The van der Waals surface area contributed by atoms with Gasteiger partial charge in [-0.05, 0) is 56.2 Å². The van der Waals surface area contributed by atoms with E-state index in [1.165, 1.54) is 24.3 Å². The Bertz CT molecular complexity index is 775. The van der Waals surface area contributed by atoms with Gasteiger partial charge in [-0.15, -0.1) is 0 Å². The number of aryl methyl sites for hydroxylation is 3. The summed E-state index contributed by atoms with van der Waals surface area (Å²) in [5, 5.41) is 8.73. The molecule has 0 spiro atoms. The molecule has 0 atom stereocenters. The van der Waals surface area contributed by atoms with Crippen LogP contribution in [0, 0.1) is 32.1 Å². The highest BCUT2D eigenvalue weighted by Gasteiger charge is 2.16. The monoisotopic (exact) mass is 307 g/mol. The van der Waals surface area contributed by atoms with Gasteiger partial charge in [0.1, 0.15) is 0 Å².